The quantitative estimate of drug-likeness (QED) is 0.488. The molecule has 5 nitrogen and oxygen atoms in total. The fraction of sp³-hybridized carbons (Fsp3) is 0.167. The number of carbonyl (C=O) groups is 1. The number of nitrogens with zero attached hydrogens (tertiary/aromatic N) is 2. The molecule has 0 unspecified atom stereocenters. The predicted molar refractivity (Wildman–Crippen MR) is 90.9 cm³/mol. The smallest absolute Gasteiger partial charge is 0.258 e. The van der Waals surface area contributed by atoms with Gasteiger partial charge in [-0.15, -0.1) is 0 Å². The fourth-order valence-electron chi connectivity index (χ4n) is 2.57. The van der Waals surface area contributed by atoms with Crippen molar-refractivity contribution in [1.82, 2.24) is 4.98 Å². The van der Waals surface area contributed by atoms with Gasteiger partial charge in [-0.05, 0) is 31.1 Å². The molecule has 1 saturated carbocycles. The van der Waals surface area contributed by atoms with Gasteiger partial charge in [-0.2, -0.15) is 9.38 Å². The van der Waals surface area contributed by atoms with E-state index in [1.165, 1.54) is 42.7 Å². The number of aromatic nitrogens is 1. The number of hydrogen-bond acceptors (Lipinski definition) is 3. The van der Waals surface area contributed by atoms with Crippen molar-refractivity contribution in [3.8, 4) is 0 Å². The second-order valence-electron chi connectivity index (χ2n) is 5.87. The van der Waals surface area contributed by atoms with Gasteiger partial charge in [0.2, 0.25) is 5.95 Å². The van der Waals surface area contributed by atoms with E-state index in [4.69, 9.17) is 5.73 Å². The Hall–Kier alpha value is -3.16. The Morgan fingerprint density at radius 2 is 2.04 bits per heavy atom. The van der Waals surface area contributed by atoms with Crippen LogP contribution >= 0.6 is 0 Å². The number of pyridine rings is 1. The van der Waals surface area contributed by atoms with Crippen LogP contribution in [-0.4, -0.2) is 16.7 Å². The second kappa shape index (κ2) is 6.99. The summed E-state index contributed by atoms with van der Waals surface area (Å²) < 4.78 is 40.4. The highest BCUT2D eigenvalue weighted by Gasteiger charge is 2.53. The minimum Gasteiger partial charge on any atom is -0.384 e. The van der Waals surface area contributed by atoms with Crippen LogP contribution < -0.4 is 11.1 Å². The Balaban J connectivity index is 1.71. The molecule has 1 aliphatic carbocycles. The van der Waals surface area contributed by atoms with Gasteiger partial charge < -0.3 is 11.1 Å². The lowest BCUT2D eigenvalue weighted by Crippen LogP contribution is -2.23. The molecule has 1 aromatic heterocycles. The zero-order valence-electron chi connectivity index (χ0n) is 13.5. The molecule has 0 bridgehead atoms. The van der Waals surface area contributed by atoms with Crippen LogP contribution in [0.25, 0.3) is 0 Å². The van der Waals surface area contributed by atoms with Crippen molar-refractivity contribution in [2.45, 2.75) is 18.3 Å². The van der Waals surface area contributed by atoms with Crippen molar-refractivity contribution in [1.29, 1.82) is 0 Å². The summed E-state index contributed by atoms with van der Waals surface area (Å²) in [6.07, 6.45) is 4.73. The standard InChI is InChI=1S/C18H15F3N4O/c19-13-3-1-2-12(16(13)21)18(6-7-18)17(26)25-15(22)5-9-23-11-4-8-24-14(20)10-11/h1-5,8-10H,6-7H2,(H,23,24)(H2,22,25,26)/b9-5-. The normalized spacial score (nSPS) is 15.9. The van der Waals surface area contributed by atoms with Crippen molar-refractivity contribution >= 4 is 17.4 Å². The van der Waals surface area contributed by atoms with Crippen LogP contribution in [0, 0.1) is 17.6 Å². The summed E-state index contributed by atoms with van der Waals surface area (Å²) in [7, 11) is 0. The van der Waals surface area contributed by atoms with E-state index in [1.807, 2.05) is 0 Å². The SMILES string of the molecule is NC(/C=C\Nc1ccnc(F)c1)=NC(=O)C1(c2cccc(F)c2F)CC1. The first-order valence-corrected chi connectivity index (χ1v) is 7.80. The van der Waals surface area contributed by atoms with Crippen LogP contribution in [0.3, 0.4) is 0 Å². The first-order valence-electron chi connectivity index (χ1n) is 7.80. The van der Waals surface area contributed by atoms with Crippen molar-refractivity contribution in [3.05, 3.63) is 72.0 Å². The number of hydrogen-bond donors (Lipinski definition) is 2. The van der Waals surface area contributed by atoms with Gasteiger partial charge >= 0.3 is 0 Å². The Bertz CT molecular complexity index is 907. The maximum atomic E-state index is 14.0. The number of halogens is 3. The Morgan fingerprint density at radius 1 is 1.27 bits per heavy atom. The molecule has 3 N–H and O–H groups in total. The number of rotatable bonds is 5. The minimum atomic E-state index is -1.16. The molecule has 134 valence electrons. The third-order valence-corrected chi connectivity index (χ3v) is 4.09. The van der Waals surface area contributed by atoms with Crippen LogP contribution in [-0.2, 0) is 10.2 Å². The highest BCUT2D eigenvalue weighted by molar-refractivity contribution is 6.04. The number of nitrogens with two attached hydrogens (primary N) is 1. The van der Waals surface area contributed by atoms with E-state index in [-0.39, 0.29) is 11.4 Å². The van der Waals surface area contributed by atoms with Gasteiger partial charge in [-0.25, -0.2) is 13.8 Å². The summed E-state index contributed by atoms with van der Waals surface area (Å²) in [6.45, 7) is 0. The fourth-order valence-corrected chi connectivity index (χ4v) is 2.57. The number of anilines is 1. The maximum Gasteiger partial charge on any atom is 0.258 e. The molecule has 0 saturated heterocycles. The summed E-state index contributed by atoms with van der Waals surface area (Å²) in [5, 5.41) is 2.75. The number of benzene rings is 1. The number of nitrogens with one attached hydrogen (secondary N) is 1. The summed E-state index contributed by atoms with van der Waals surface area (Å²) in [4.78, 5) is 19.6. The molecule has 1 fully saturated rings. The third kappa shape index (κ3) is 3.58. The average Bonchev–Trinajstić information content (AvgIpc) is 3.39. The second-order valence-corrected chi connectivity index (χ2v) is 5.87. The number of amides is 1. The van der Waals surface area contributed by atoms with Crippen LogP contribution in [0.4, 0.5) is 18.9 Å². The molecule has 0 spiro atoms. The first-order chi connectivity index (χ1) is 12.4. The van der Waals surface area contributed by atoms with Gasteiger partial charge in [0.25, 0.3) is 5.91 Å². The average molecular weight is 360 g/mol. The summed E-state index contributed by atoms with van der Waals surface area (Å²) in [5.41, 5.74) is 4.96. The summed E-state index contributed by atoms with van der Waals surface area (Å²) >= 11 is 0. The zero-order chi connectivity index (χ0) is 18.7. The van der Waals surface area contributed by atoms with Crippen molar-refractivity contribution < 1.29 is 18.0 Å². The number of carbonyl (C=O) groups excluding carboxylic acids is 1. The molecule has 2 aromatic rings. The van der Waals surface area contributed by atoms with Gasteiger partial charge in [0, 0.05) is 29.7 Å². The molecule has 1 amide bonds. The molecule has 1 aliphatic rings. The predicted octanol–water partition coefficient (Wildman–Crippen LogP) is 3.04. The molecule has 3 rings (SSSR count). The summed E-state index contributed by atoms with van der Waals surface area (Å²) in [6, 6.07) is 6.44. The van der Waals surface area contributed by atoms with E-state index in [0.717, 1.165) is 6.07 Å². The van der Waals surface area contributed by atoms with Gasteiger partial charge in [0.1, 0.15) is 5.84 Å². The molecule has 0 aliphatic heterocycles. The molecule has 0 radical (unpaired) electrons. The van der Waals surface area contributed by atoms with Gasteiger partial charge in [-0.3, -0.25) is 4.79 Å². The van der Waals surface area contributed by atoms with Crippen LogP contribution in [0.1, 0.15) is 18.4 Å². The molecule has 1 heterocycles. The van der Waals surface area contributed by atoms with E-state index < -0.39 is 28.9 Å². The lowest BCUT2D eigenvalue weighted by atomic mass is 9.94. The largest absolute Gasteiger partial charge is 0.384 e. The van der Waals surface area contributed by atoms with Crippen molar-refractivity contribution in [3.63, 3.8) is 0 Å². The van der Waals surface area contributed by atoms with E-state index >= 15 is 0 Å². The minimum absolute atomic E-state index is 0.00610. The number of aliphatic imine (C=N–C) groups is 1. The van der Waals surface area contributed by atoms with Crippen LogP contribution in [0.5, 0.6) is 0 Å². The molecule has 1 aromatic carbocycles. The highest BCUT2D eigenvalue weighted by atomic mass is 19.2. The third-order valence-electron chi connectivity index (χ3n) is 4.09. The maximum absolute atomic E-state index is 14.0. The Morgan fingerprint density at radius 3 is 2.73 bits per heavy atom. The van der Waals surface area contributed by atoms with E-state index in [1.54, 1.807) is 0 Å². The molecular formula is C18H15F3N4O. The van der Waals surface area contributed by atoms with E-state index in [2.05, 4.69) is 15.3 Å². The van der Waals surface area contributed by atoms with E-state index in [9.17, 15) is 18.0 Å². The van der Waals surface area contributed by atoms with Crippen molar-refractivity contribution in [2.75, 3.05) is 5.32 Å². The van der Waals surface area contributed by atoms with Crippen LogP contribution in [0.15, 0.2) is 53.8 Å². The molecule has 26 heavy (non-hydrogen) atoms. The topological polar surface area (TPSA) is 80.4 Å². The van der Waals surface area contributed by atoms with Crippen LogP contribution in [0.2, 0.25) is 0 Å². The van der Waals surface area contributed by atoms with Gasteiger partial charge in [0.05, 0.1) is 5.41 Å². The Labute approximate surface area is 147 Å². The lowest BCUT2D eigenvalue weighted by Gasteiger charge is -2.12. The number of amidine groups is 1. The zero-order valence-corrected chi connectivity index (χ0v) is 13.5. The summed E-state index contributed by atoms with van der Waals surface area (Å²) in [5.74, 6) is -3.43. The lowest BCUT2D eigenvalue weighted by molar-refractivity contribution is -0.120. The molecule has 0 atom stereocenters. The monoisotopic (exact) mass is 360 g/mol. The molecule has 8 heteroatoms. The van der Waals surface area contributed by atoms with Gasteiger partial charge in [-0.1, -0.05) is 12.1 Å². The van der Waals surface area contributed by atoms with E-state index in [0.29, 0.717) is 18.5 Å². The Kier molecular flexibility index (Phi) is 4.75. The van der Waals surface area contributed by atoms with Crippen molar-refractivity contribution in [2.24, 2.45) is 10.7 Å². The molecular weight excluding hydrogens is 345 g/mol. The highest BCUT2D eigenvalue weighted by Crippen LogP contribution is 2.50. The van der Waals surface area contributed by atoms with Gasteiger partial charge in [0.15, 0.2) is 11.6 Å². The first kappa shape index (κ1) is 17.7.